The molecular weight excluding hydrogens is 376 g/mol. The Morgan fingerprint density at radius 3 is 2.46 bits per heavy atom. The molecule has 0 saturated carbocycles. The van der Waals surface area contributed by atoms with Crippen LogP contribution < -0.4 is 21.3 Å². The quantitative estimate of drug-likeness (QED) is 0.551. The number of benzene rings is 3. The molecule has 4 N–H and O–H groups in total. The van der Waals surface area contributed by atoms with Crippen LogP contribution >= 0.6 is 11.6 Å². The lowest BCUT2D eigenvalue weighted by molar-refractivity contribution is -0.119. The number of nitrogens with zero attached hydrogens (tertiary/aromatic N) is 1. The van der Waals surface area contributed by atoms with Gasteiger partial charge >= 0.3 is 0 Å². The summed E-state index contributed by atoms with van der Waals surface area (Å²) in [7, 11) is 0. The summed E-state index contributed by atoms with van der Waals surface area (Å²) in [5.74, 6) is -0.647. The van der Waals surface area contributed by atoms with Crippen LogP contribution in [-0.4, -0.2) is 11.8 Å². The molecule has 0 fully saturated rings. The zero-order valence-electron chi connectivity index (χ0n) is 14.6. The van der Waals surface area contributed by atoms with E-state index in [2.05, 4.69) is 10.6 Å². The third-order valence-electron chi connectivity index (χ3n) is 5.11. The Hall–Kier alpha value is -3.51. The van der Waals surface area contributed by atoms with Crippen molar-refractivity contribution in [2.75, 3.05) is 21.3 Å². The summed E-state index contributed by atoms with van der Waals surface area (Å²) in [6.07, 6.45) is 0. The molecule has 138 valence electrons. The van der Waals surface area contributed by atoms with Crippen molar-refractivity contribution in [3.05, 3.63) is 82.9 Å². The number of nitrogens with two attached hydrogens (primary N) is 1. The van der Waals surface area contributed by atoms with Crippen LogP contribution in [0.15, 0.2) is 66.7 Å². The van der Waals surface area contributed by atoms with Gasteiger partial charge in [0.15, 0.2) is 0 Å². The molecule has 2 heterocycles. The molecule has 5 rings (SSSR count). The van der Waals surface area contributed by atoms with E-state index in [1.54, 1.807) is 60.7 Å². The lowest BCUT2D eigenvalue weighted by atomic mass is 9.92. The molecule has 1 atom stereocenters. The number of nitrogens with one attached hydrogen (secondary N) is 2. The highest BCUT2D eigenvalue weighted by Gasteiger charge is 2.57. The van der Waals surface area contributed by atoms with Gasteiger partial charge in [-0.25, -0.2) is 0 Å². The fraction of sp³-hybridized carbons (Fsp3) is 0.0476. The first-order valence-corrected chi connectivity index (χ1v) is 9.07. The number of nitrogen functional groups attached to an aromatic ring is 1. The lowest BCUT2D eigenvalue weighted by Crippen LogP contribution is -2.61. The molecule has 7 heteroatoms. The summed E-state index contributed by atoms with van der Waals surface area (Å²) in [6.45, 7) is 0. The number of halogens is 1. The van der Waals surface area contributed by atoms with Crippen LogP contribution in [0.1, 0.15) is 15.9 Å². The van der Waals surface area contributed by atoms with Gasteiger partial charge < -0.3 is 16.4 Å². The van der Waals surface area contributed by atoms with Gasteiger partial charge in [0.2, 0.25) is 5.66 Å². The zero-order valence-corrected chi connectivity index (χ0v) is 15.3. The normalized spacial score (nSPS) is 19.8. The summed E-state index contributed by atoms with van der Waals surface area (Å²) < 4.78 is 0. The third kappa shape index (κ3) is 2.15. The van der Waals surface area contributed by atoms with Gasteiger partial charge in [0.25, 0.3) is 11.8 Å². The maximum absolute atomic E-state index is 13.5. The second kappa shape index (κ2) is 5.74. The minimum Gasteiger partial charge on any atom is -0.399 e. The molecular formula is C21H15ClN4O2. The van der Waals surface area contributed by atoms with Crippen molar-refractivity contribution in [1.82, 2.24) is 0 Å². The number of hydrogen-bond donors (Lipinski definition) is 3. The Kier molecular flexibility index (Phi) is 3.41. The Morgan fingerprint density at radius 1 is 0.929 bits per heavy atom. The third-order valence-corrected chi connectivity index (χ3v) is 5.35. The maximum Gasteiger partial charge on any atom is 0.276 e. The van der Waals surface area contributed by atoms with Crippen LogP contribution in [0.25, 0.3) is 0 Å². The Labute approximate surface area is 165 Å². The molecule has 28 heavy (non-hydrogen) atoms. The van der Waals surface area contributed by atoms with Gasteiger partial charge in [0, 0.05) is 33.3 Å². The minimum atomic E-state index is -1.46. The number of amides is 2. The zero-order chi connectivity index (χ0) is 19.5. The number of para-hydroxylation sites is 1. The summed E-state index contributed by atoms with van der Waals surface area (Å²) >= 11 is 6.24. The van der Waals surface area contributed by atoms with E-state index in [1.807, 2.05) is 6.07 Å². The van der Waals surface area contributed by atoms with E-state index in [1.165, 1.54) is 4.90 Å². The van der Waals surface area contributed by atoms with Crippen LogP contribution in [0.3, 0.4) is 0 Å². The molecule has 0 radical (unpaired) electrons. The Morgan fingerprint density at radius 2 is 1.68 bits per heavy atom. The van der Waals surface area contributed by atoms with Crippen LogP contribution in [0, 0.1) is 0 Å². The first-order chi connectivity index (χ1) is 13.5. The van der Waals surface area contributed by atoms with Gasteiger partial charge in [-0.15, -0.1) is 0 Å². The molecule has 1 unspecified atom stereocenters. The largest absolute Gasteiger partial charge is 0.399 e. The average molecular weight is 391 g/mol. The van der Waals surface area contributed by atoms with E-state index in [-0.39, 0.29) is 11.8 Å². The molecule has 2 aliphatic heterocycles. The number of fused-ring (bicyclic) bond motifs is 3. The van der Waals surface area contributed by atoms with Crippen LogP contribution in [0.2, 0.25) is 5.02 Å². The number of anilines is 4. The molecule has 6 nitrogen and oxygen atoms in total. The first kappa shape index (κ1) is 16.6. The van der Waals surface area contributed by atoms with Gasteiger partial charge in [-0.05, 0) is 54.6 Å². The molecule has 0 aliphatic carbocycles. The van der Waals surface area contributed by atoms with Crippen molar-refractivity contribution in [2.24, 2.45) is 0 Å². The van der Waals surface area contributed by atoms with Gasteiger partial charge in [-0.2, -0.15) is 0 Å². The molecule has 2 aliphatic rings. The van der Waals surface area contributed by atoms with E-state index in [0.717, 1.165) is 0 Å². The lowest BCUT2D eigenvalue weighted by Gasteiger charge is -2.44. The van der Waals surface area contributed by atoms with Crippen molar-refractivity contribution in [3.63, 3.8) is 0 Å². The van der Waals surface area contributed by atoms with Crippen LogP contribution in [-0.2, 0) is 10.5 Å². The summed E-state index contributed by atoms with van der Waals surface area (Å²) in [6, 6.07) is 19.1. The second-order valence-corrected chi connectivity index (χ2v) is 7.19. The molecule has 1 spiro atoms. The van der Waals surface area contributed by atoms with Crippen molar-refractivity contribution in [2.45, 2.75) is 5.66 Å². The van der Waals surface area contributed by atoms with Crippen molar-refractivity contribution in [1.29, 1.82) is 0 Å². The number of hydrogen-bond acceptors (Lipinski definition) is 4. The highest BCUT2D eigenvalue weighted by atomic mass is 35.5. The smallest absolute Gasteiger partial charge is 0.276 e. The van der Waals surface area contributed by atoms with Crippen molar-refractivity contribution >= 4 is 46.2 Å². The summed E-state index contributed by atoms with van der Waals surface area (Å²) in [5.41, 5.74) is 7.73. The fourth-order valence-corrected chi connectivity index (χ4v) is 4.01. The standard InChI is InChI=1S/C21H15ClN4O2/c22-12-5-10-18-16(11-12)21(20(28)24-18)25-17-4-2-1-3-15(17)19(27)26(21)14-8-6-13(23)7-9-14/h1-11,25H,23H2,(H,24,28). The van der Waals surface area contributed by atoms with E-state index < -0.39 is 5.66 Å². The van der Waals surface area contributed by atoms with Gasteiger partial charge in [0.1, 0.15) is 0 Å². The molecule has 0 aromatic heterocycles. The van der Waals surface area contributed by atoms with Gasteiger partial charge in [-0.1, -0.05) is 23.7 Å². The first-order valence-electron chi connectivity index (χ1n) is 8.69. The number of carbonyl (C=O) groups excluding carboxylic acids is 2. The molecule has 3 aromatic rings. The number of carbonyl (C=O) groups is 2. The van der Waals surface area contributed by atoms with E-state index in [4.69, 9.17) is 17.3 Å². The van der Waals surface area contributed by atoms with E-state index in [9.17, 15) is 9.59 Å². The maximum atomic E-state index is 13.5. The summed E-state index contributed by atoms with van der Waals surface area (Å²) in [4.78, 5) is 28.3. The fourth-order valence-electron chi connectivity index (χ4n) is 3.84. The van der Waals surface area contributed by atoms with Gasteiger partial charge in [-0.3, -0.25) is 14.5 Å². The molecule has 2 amide bonds. The topological polar surface area (TPSA) is 87.5 Å². The van der Waals surface area contributed by atoms with Gasteiger partial charge in [0.05, 0.1) is 5.56 Å². The summed E-state index contributed by atoms with van der Waals surface area (Å²) in [5, 5.41) is 6.64. The van der Waals surface area contributed by atoms with Crippen LogP contribution in [0.5, 0.6) is 0 Å². The van der Waals surface area contributed by atoms with E-state index >= 15 is 0 Å². The average Bonchev–Trinajstić information content (AvgIpc) is 2.95. The highest BCUT2D eigenvalue weighted by Crippen LogP contribution is 2.47. The van der Waals surface area contributed by atoms with Crippen LogP contribution in [0.4, 0.5) is 22.7 Å². The van der Waals surface area contributed by atoms with E-state index in [0.29, 0.717) is 38.9 Å². The predicted molar refractivity (Wildman–Crippen MR) is 109 cm³/mol. The van der Waals surface area contributed by atoms with Crippen molar-refractivity contribution < 1.29 is 9.59 Å². The second-order valence-electron chi connectivity index (χ2n) is 6.76. The minimum absolute atomic E-state index is 0.290. The predicted octanol–water partition coefficient (Wildman–Crippen LogP) is 3.80. The Bertz CT molecular complexity index is 1150. The highest BCUT2D eigenvalue weighted by molar-refractivity contribution is 6.31. The molecule has 3 aromatic carbocycles. The Balaban J connectivity index is 1.82. The molecule has 0 saturated heterocycles. The SMILES string of the molecule is Nc1ccc(N2C(=O)c3ccccc3NC23C(=O)Nc2ccc(Cl)cc23)cc1. The molecule has 0 bridgehead atoms. The van der Waals surface area contributed by atoms with Crippen molar-refractivity contribution in [3.8, 4) is 0 Å². The monoisotopic (exact) mass is 390 g/mol. The number of rotatable bonds is 1.